The van der Waals surface area contributed by atoms with E-state index in [1.54, 1.807) is 25.3 Å². The predicted octanol–water partition coefficient (Wildman–Crippen LogP) is 3.46. The Balaban J connectivity index is 2.44. The molecule has 2 aromatic rings. The molecule has 2 aromatic carbocycles. The molecule has 86 valence electrons. The maximum Gasteiger partial charge on any atom is 0.123 e. The Morgan fingerprint density at radius 2 is 1.82 bits per heavy atom. The number of ether oxygens (including phenoxy) is 1. The molecule has 0 atom stereocenters. The minimum Gasteiger partial charge on any atom is -0.507 e. The Hall–Kier alpha value is -2.22. The summed E-state index contributed by atoms with van der Waals surface area (Å²) >= 11 is 0. The Bertz CT molecular complexity index is 530. The molecule has 0 unspecified atom stereocenters. The van der Waals surface area contributed by atoms with Crippen LogP contribution in [0, 0.1) is 0 Å². The minimum absolute atomic E-state index is 0.208. The zero-order chi connectivity index (χ0) is 12.3. The SMILES string of the molecule is C=C(c1ccccc1)c1cc(OC)ccc1O. The zero-order valence-corrected chi connectivity index (χ0v) is 9.68. The van der Waals surface area contributed by atoms with E-state index in [1.165, 1.54) is 0 Å². The minimum atomic E-state index is 0.208. The Morgan fingerprint density at radius 3 is 2.47 bits per heavy atom. The summed E-state index contributed by atoms with van der Waals surface area (Å²) in [6.07, 6.45) is 0. The second kappa shape index (κ2) is 4.74. The van der Waals surface area contributed by atoms with Gasteiger partial charge in [-0.3, -0.25) is 0 Å². The summed E-state index contributed by atoms with van der Waals surface area (Å²) in [5.74, 6) is 0.912. The first kappa shape index (κ1) is 11.3. The average Bonchev–Trinajstić information content (AvgIpc) is 2.39. The van der Waals surface area contributed by atoms with Crippen molar-refractivity contribution in [3.63, 3.8) is 0 Å². The number of hydrogen-bond donors (Lipinski definition) is 1. The molecule has 0 bridgehead atoms. The van der Waals surface area contributed by atoms with Crippen LogP contribution in [-0.2, 0) is 0 Å². The van der Waals surface area contributed by atoms with Crippen molar-refractivity contribution >= 4 is 5.57 Å². The smallest absolute Gasteiger partial charge is 0.123 e. The molecule has 0 saturated carbocycles. The molecule has 0 aliphatic rings. The van der Waals surface area contributed by atoms with Gasteiger partial charge in [0.25, 0.3) is 0 Å². The molecule has 0 aliphatic heterocycles. The third-order valence-corrected chi connectivity index (χ3v) is 2.65. The van der Waals surface area contributed by atoms with Crippen molar-refractivity contribution < 1.29 is 9.84 Å². The Kier molecular flexibility index (Phi) is 3.15. The lowest BCUT2D eigenvalue weighted by molar-refractivity contribution is 0.412. The molecule has 0 amide bonds. The van der Waals surface area contributed by atoms with Gasteiger partial charge in [-0.1, -0.05) is 36.9 Å². The van der Waals surface area contributed by atoms with Gasteiger partial charge < -0.3 is 9.84 Å². The fraction of sp³-hybridized carbons (Fsp3) is 0.0667. The van der Waals surface area contributed by atoms with Gasteiger partial charge in [0.2, 0.25) is 0 Å². The number of aromatic hydroxyl groups is 1. The number of rotatable bonds is 3. The highest BCUT2D eigenvalue weighted by Gasteiger charge is 2.08. The van der Waals surface area contributed by atoms with Crippen LogP contribution in [0.4, 0.5) is 0 Å². The first-order valence-electron chi connectivity index (χ1n) is 5.34. The van der Waals surface area contributed by atoms with Crippen molar-refractivity contribution in [3.8, 4) is 11.5 Å². The highest BCUT2D eigenvalue weighted by atomic mass is 16.5. The van der Waals surface area contributed by atoms with Gasteiger partial charge >= 0.3 is 0 Å². The largest absolute Gasteiger partial charge is 0.507 e. The van der Waals surface area contributed by atoms with Crippen LogP contribution >= 0.6 is 0 Å². The Morgan fingerprint density at radius 1 is 1.12 bits per heavy atom. The quantitative estimate of drug-likeness (QED) is 0.868. The fourth-order valence-corrected chi connectivity index (χ4v) is 1.68. The molecule has 0 saturated heterocycles. The third kappa shape index (κ3) is 2.31. The first-order valence-corrected chi connectivity index (χ1v) is 5.34. The number of phenolic OH excluding ortho intramolecular Hbond substituents is 1. The van der Waals surface area contributed by atoms with Crippen molar-refractivity contribution in [2.75, 3.05) is 7.11 Å². The summed E-state index contributed by atoms with van der Waals surface area (Å²) in [7, 11) is 1.60. The lowest BCUT2D eigenvalue weighted by Crippen LogP contribution is -1.89. The highest BCUT2D eigenvalue weighted by molar-refractivity contribution is 5.81. The number of benzene rings is 2. The van der Waals surface area contributed by atoms with E-state index in [9.17, 15) is 5.11 Å². The standard InChI is InChI=1S/C15H14O2/c1-11(12-6-4-3-5-7-12)14-10-13(17-2)8-9-15(14)16/h3-10,16H,1H2,2H3. The van der Waals surface area contributed by atoms with Crippen LogP contribution in [0.25, 0.3) is 5.57 Å². The van der Waals surface area contributed by atoms with Crippen LogP contribution in [0.5, 0.6) is 11.5 Å². The molecule has 0 heterocycles. The van der Waals surface area contributed by atoms with E-state index in [-0.39, 0.29) is 5.75 Å². The molecular weight excluding hydrogens is 212 g/mol. The molecular formula is C15H14O2. The Labute approximate surface area is 101 Å². The van der Waals surface area contributed by atoms with Gasteiger partial charge in [-0.05, 0) is 29.3 Å². The van der Waals surface area contributed by atoms with E-state index in [0.717, 1.165) is 11.1 Å². The van der Waals surface area contributed by atoms with Crippen LogP contribution in [-0.4, -0.2) is 12.2 Å². The van der Waals surface area contributed by atoms with Crippen LogP contribution in [0.3, 0.4) is 0 Å². The molecule has 1 N–H and O–H groups in total. The molecule has 0 spiro atoms. The fourth-order valence-electron chi connectivity index (χ4n) is 1.68. The molecule has 0 aromatic heterocycles. The zero-order valence-electron chi connectivity index (χ0n) is 9.68. The lowest BCUT2D eigenvalue weighted by Gasteiger charge is -2.10. The van der Waals surface area contributed by atoms with Crippen molar-refractivity contribution in [1.29, 1.82) is 0 Å². The monoisotopic (exact) mass is 226 g/mol. The van der Waals surface area contributed by atoms with E-state index >= 15 is 0 Å². The van der Waals surface area contributed by atoms with Crippen LogP contribution < -0.4 is 4.74 Å². The number of phenols is 1. The van der Waals surface area contributed by atoms with Gasteiger partial charge in [0.1, 0.15) is 11.5 Å². The molecule has 17 heavy (non-hydrogen) atoms. The van der Waals surface area contributed by atoms with Crippen molar-refractivity contribution in [3.05, 3.63) is 66.2 Å². The summed E-state index contributed by atoms with van der Waals surface area (Å²) in [5.41, 5.74) is 2.45. The predicted molar refractivity (Wildman–Crippen MR) is 69.2 cm³/mol. The van der Waals surface area contributed by atoms with Crippen molar-refractivity contribution in [2.45, 2.75) is 0 Å². The average molecular weight is 226 g/mol. The molecule has 2 nitrogen and oxygen atoms in total. The number of hydrogen-bond acceptors (Lipinski definition) is 2. The lowest BCUT2D eigenvalue weighted by atomic mass is 9.99. The van der Waals surface area contributed by atoms with Crippen molar-refractivity contribution in [1.82, 2.24) is 0 Å². The maximum atomic E-state index is 9.85. The molecule has 0 radical (unpaired) electrons. The van der Waals surface area contributed by atoms with Gasteiger partial charge in [0.15, 0.2) is 0 Å². The second-order valence-corrected chi connectivity index (χ2v) is 3.73. The summed E-state index contributed by atoms with van der Waals surface area (Å²) in [6, 6.07) is 14.9. The first-order chi connectivity index (χ1) is 8.22. The number of methoxy groups -OCH3 is 1. The summed E-state index contributed by atoms with van der Waals surface area (Å²) < 4.78 is 5.14. The van der Waals surface area contributed by atoms with E-state index in [2.05, 4.69) is 6.58 Å². The topological polar surface area (TPSA) is 29.5 Å². The van der Waals surface area contributed by atoms with Crippen LogP contribution in [0.1, 0.15) is 11.1 Å². The van der Waals surface area contributed by atoms with E-state index in [0.29, 0.717) is 11.3 Å². The van der Waals surface area contributed by atoms with E-state index in [1.807, 2.05) is 30.3 Å². The molecule has 2 rings (SSSR count). The molecule has 0 aliphatic carbocycles. The third-order valence-electron chi connectivity index (χ3n) is 2.65. The second-order valence-electron chi connectivity index (χ2n) is 3.73. The van der Waals surface area contributed by atoms with Crippen LogP contribution in [0.15, 0.2) is 55.1 Å². The van der Waals surface area contributed by atoms with Crippen molar-refractivity contribution in [2.24, 2.45) is 0 Å². The van der Waals surface area contributed by atoms with Gasteiger partial charge in [0.05, 0.1) is 7.11 Å². The van der Waals surface area contributed by atoms with E-state index < -0.39 is 0 Å². The normalized spacial score (nSPS) is 9.94. The summed E-state index contributed by atoms with van der Waals surface area (Å²) in [4.78, 5) is 0. The molecule has 2 heteroatoms. The van der Waals surface area contributed by atoms with Gasteiger partial charge in [-0.2, -0.15) is 0 Å². The highest BCUT2D eigenvalue weighted by Crippen LogP contribution is 2.31. The van der Waals surface area contributed by atoms with Crippen LogP contribution in [0.2, 0.25) is 0 Å². The maximum absolute atomic E-state index is 9.85. The van der Waals surface area contributed by atoms with E-state index in [4.69, 9.17) is 4.74 Å². The van der Waals surface area contributed by atoms with Gasteiger partial charge in [0, 0.05) is 5.56 Å². The summed E-state index contributed by atoms with van der Waals surface area (Å²) in [5, 5.41) is 9.85. The summed E-state index contributed by atoms with van der Waals surface area (Å²) in [6.45, 7) is 4.02. The van der Waals surface area contributed by atoms with Gasteiger partial charge in [-0.15, -0.1) is 0 Å². The van der Waals surface area contributed by atoms with Gasteiger partial charge in [-0.25, -0.2) is 0 Å². The molecule has 0 fully saturated rings.